The summed E-state index contributed by atoms with van der Waals surface area (Å²) in [7, 11) is 0. The van der Waals surface area contributed by atoms with Gasteiger partial charge >= 0.3 is 0 Å². The molecule has 0 saturated carbocycles. The van der Waals surface area contributed by atoms with Gasteiger partial charge in [0.1, 0.15) is 11.6 Å². The fourth-order valence-corrected chi connectivity index (χ4v) is 1.67. The second-order valence-electron chi connectivity index (χ2n) is 4.19. The summed E-state index contributed by atoms with van der Waals surface area (Å²) >= 11 is 0. The minimum Gasteiger partial charge on any atom is -0.337 e. The number of benzene rings is 1. The van der Waals surface area contributed by atoms with E-state index in [0.717, 1.165) is 22.5 Å². The zero-order valence-electron chi connectivity index (χ0n) is 10.7. The molecule has 2 aromatic rings. The third-order valence-corrected chi connectivity index (χ3v) is 2.96. The van der Waals surface area contributed by atoms with Gasteiger partial charge in [0.05, 0.1) is 5.69 Å². The molecule has 0 bridgehead atoms. The molecule has 0 atom stereocenters. The molecule has 0 saturated heterocycles. The molecule has 4 heteroatoms. The van der Waals surface area contributed by atoms with Crippen LogP contribution in [0.3, 0.4) is 0 Å². The van der Waals surface area contributed by atoms with Crippen LogP contribution >= 0.6 is 0 Å². The van der Waals surface area contributed by atoms with E-state index < -0.39 is 0 Å². The van der Waals surface area contributed by atoms with Crippen molar-refractivity contribution in [2.24, 2.45) is 0 Å². The molecule has 1 N–H and O–H groups in total. The molecule has 18 heavy (non-hydrogen) atoms. The fourth-order valence-electron chi connectivity index (χ4n) is 1.67. The van der Waals surface area contributed by atoms with Crippen LogP contribution in [0.25, 0.3) is 0 Å². The third-order valence-electron chi connectivity index (χ3n) is 2.96. The lowest BCUT2D eigenvalue weighted by atomic mass is 10.1. The molecule has 2 rings (SSSR count). The van der Waals surface area contributed by atoms with Gasteiger partial charge in [0.15, 0.2) is 5.82 Å². The molecule has 1 aromatic heterocycles. The molecule has 1 heterocycles. The lowest BCUT2D eigenvalue weighted by Gasteiger charge is -2.11. The average Bonchev–Trinajstić information content (AvgIpc) is 2.37. The Morgan fingerprint density at radius 3 is 2.50 bits per heavy atom. The Balaban J connectivity index is 2.45. The monoisotopic (exact) mass is 238 g/mol. The molecule has 0 fully saturated rings. The molecule has 0 radical (unpaired) electrons. The van der Waals surface area contributed by atoms with Crippen LogP contribution in [0.2, 0.25) is 0 Å². The summed E-state index contributed by atoms with van der Waals surface area (Å²) in [5, 5.41) is 20.5. The van der Waals surface area contributed by atoms with Crippen LogP contribution in [0.15, 0.2) is 24.3 Å². The van der Waals surface area contributed by atoms with E-state index >= 15 is 0 Å². The van der Waals surface area contributed by atoms with E-state index in [0.29, 0.717) is 11.4 Å². The van der Waals surface area contributed by atoms with Crippen LogP contribution in [0.4, 0.5) is 11.5 Å². The summed E-state index contributed by atoms with van der Waals surface area (Å²) in [5.74, 6) is 0.509. The molecular weight excluding hydrogens is 224 g/mol. The standard InChI is InChI=1S/C14H14N4/c1-9-6-4-5-7-13(9)16-14-12(8-15)10(2)11(3)17-18-14/h4-7H,1-3H3,(H,16,18). The first-order valence-electron chi connectivity index (χ1n) is 5.70. The minimum atomic E-state index is 0.509. The highest BCUT2D eigenvalue weighted by Crippen LogP contribution is 2.23. The van der Waals surface area contributed by atoms with E-state index in [1.165, 1.54) is 0 Å². The number of nitriles is 1. The summed E-state index contributed by atoms with van der Waals surface area (Å²) in [6.45, 7) is 5.73. The zero-order valence-corrected chi connectivity index (χ0v) is 10.7. The highest BCUT2D eigenvalue weighted by atomic mass is 15.2. The molecule has 0 amide bonds. The van der Waals surface area contributed by atoms with E-state index in [4.69, 9.17) is 0 Å². The van der Waals surface area contributed by atoms with Crippen LogP contribution in [0.5, 0.6) is 0 Å². The number of hydrogen-bond acceptors (Lipinski definition) is 4. The number of aryl methyl sites for hydroxylation is 2. The summed E-state index contributed by atoms with van der Waals surface area (Å²) < 4.78 is 0. The smallest absolute Gasteiger partial charge is 0.171 e. The van der Waals surface area contributed by atoms with Crippen LogP contribution in [-0.4, -0.2) is 10.2 Å². The molecule has 0 unspecified atom stereocenters. The first kappa shape index (κ1) is 12.1. The van der Waals surface area contributed by atoms with Gasteiger partial charge in [-0.05, 0) is 38.0 Å². The average molecular weight is 238 g/mol. The van der Waals surface area contributed by atoms with Gasteiger partial charge in [0.2, 0.25) is 0 Å². The number of hydrogen-bond donors (Lipinski definition) is 1. The van der Waals surface area contributed by atoms with Crippen LogP contribution in [-0.2, 0) is 0 Å². The Hall–Kier alpha value is -2.41. The Bertz CT molecular complexity index is 626. The second-order valence-corrected chi connectivity index (χ2v) is 4.19. The van der Waals surface area contributed by atoms with Crippen molar-refractivity contribution < 1.29 is 0 Å². The van der Waals surface area contributed by atoms with E-state index in [1.807, 2.05) is 45.0 Å². The molecule has 90 valence electrons. The first-order valence-corrected chi connectivity index (χ1v) is 5.70. The topological polar surface area (TPSA) is 61.6 Å². The van der Waals surface area contributed by atoms with E-state index in [2.05, 4.69) is 21.6 Å². The van der Waals surface area contributed by atoms with Gasteiger partial charge in [-0.25, -0.2) is 0 Å². The summed E-state index contributed by atoms with van der Waals surface area (Å²) in [6.07, 6.45) is 0. The lowest BCUT2D eigenvalue weighted by Crippen LogP contribution is -2.04. The van der Waals surface area contributed by atoms with Gasteiger partial charge in [-0.2, -0.15) is 10.4 Å². The van der Waals surface area contributed by atoms with E-state index in [-0.39, 0.29) is 0 Å². The molecule has 0 aliphatic heterocycles. The number of aromatic nitrogens is 2. The molecule has 1 aromatic carbocycles. The van der Waals surface area contributed by atoms with Crippen molar-refractivity contribution in [1.29, 1.82) is 5.26 Å². The summed E-state index contributed by atoms with van der Waals surface area (Å²) in [6, 6.07) is 10.0. The zero-order chi connectivity index (χ0) is 13.1. The third kappa shape index (κ3) is 2.16. The largest absolute Gasteiger partial charge is 0.337 e. The van der Waals surface area contributed by atoms with Crippen molar-refractivity contribution in [3.63, 3.8) is 0 Å². The van der Waals surface area contributed by atoms with Crippen molar-refractivity contribution in [3.8, 4) is 6.07 Å². The SMILES string of the molecule is Cc1ccccc1Nc1nnc(C)c(C)c1C#N. The minimum absolute atomic E-state index is 0.509. The predicted molar refractivity (Wildman–Crippen MR) is 70.7 cm³/mol. The van der Waals surface area contributed by atoms with Crippen LogP contribution < -0.4 is 5.32 Å². The van der Waals surface area contributed by atoms with Crippen LogP contribution in [0, 0.1) is 32.1 Å². The van der Waals surface area contributed by atoms with Crippen LogP contribution in [0.1, 0.15) is 22.4 Å². The van der Waals surface area contributed by atoms with Gasteiger partial charge < -0.3 is 5.32 Å². The Morgan fingerprint density at radius 2 is 1.83 bits per heavy atom. The summed E-state index contributed by atoms with van der Waals surface area (Å²) in [5.41, 5.74) is 4.23. The number of nitrogens with one attached hydrogen (secondary N) is 1. The van der Waals surface area contributed by atoms with Gasteiger partial charge in [0, 0.05) is 5.69 Å². The molecule has 0 aliphatic rings. The number of para-hydroxylation sites is 1. The molecule has 0 aliphatic carbocycles. The molecular formula is C14H14N4. The Kier molecular flexibility index (Phi) is 3.24. The normalized spacial score (nSPS) is 9.89. The molecule has 0 spiro atoms. The van der Waals surface area contributed by atoms with Crippen molar-refractivity contribution >= 4 is 11.5 Å². The van der Waals surface area contributed by atoms with E-state index in [1.54, 1.807) is 0 Å². The first-order chi connectivity index (χ1) is 8.63. The maximum atomic E-state index is 9.21. The highest BCUT2D eigenvalue weighted by Gasteiger charge is 2.11. The van der Waals surface area contributed by atoms with Gasteiger partial charge in [0.25, 0.3) is 0 Å². The van der Waals surface area contributed by atoms with E-state index in [9.17, 15) is 5.26 Å². The van der Waals surface area contributed by atoms with Gasteiger partial charge in [-0.1, -0.05) is 18.2 Å². The summed E-state index contributed by atoms with van der Waals surface area (Å²) in [4.78, 5) is 0. The van der Waals surface area contributed by atoms with Crippen molar-refractivity contribution in [1.82, 2.24) is 10.2 Å². The maximum absolute atomic E-state index is 9.21. The number of anilines is 2. The van der Waals surface area contributed by atoms with Crippen molar-refractivity contribution in [2.45, 2.75) is 20.8 Å². The maximum Gasteiger partial charge on any atom is 0.171 e. The number of nitrogens with zero attached hydrogens (tertiary/aromatic N) is 3. The van der Waals surface area contributed by atoms with Crippen molar-refractivity contribution in [2.75, 3.05) is 5.32 Å². The van der Waals surface area contributed by atoms with Gasteiger partial charge in [-0.15, -0.1) is 5.10 Å². The fraction of sp³-hybridized carbons (Fsp3) is 0.214. The highest BCUT2D eigenvalue weighted by molar-refractivity contribution is 5.66. The lowest BCUT2D eigenvalue weighted by molar-refractivity contribution is 0.960. The van der Waals surface area contributed by atoms with Gasteiger partial charge in [-0.3, -0.25) is 0 Å². The second kappa shape index (κ2) is 4.84. The Labute approximate surface area is 106 Å². The number of rotatable bonds is 2. The van der Waals surface area contributed by atoms with Crippen molar-refractivity contribution in [3.05, 3.63) is 46.6 Å². The predicted octanol–water partition coefficient (Wildman–Crippen LogP) is 3.02. The quantitative estimate of drug-likeness (QED) is 0.873. The Morgan fingerprint density at radius 1 is 1.11 bits per heavy atom. The molecule has 4 nitrogen and oxygen atoms in total.